The summed E-state index contributed by atoms with van der Waals surface area (Å²) < 4.78 is 43.6. The monoisotopic (exact) mass is 408 g/mol. The molecule has 0 aromatic heterocycles. The van der Waals surface area contributed by atoms with Crippen LogP contribution in [0.3, 0.4) is 0 Å². The van der Waals surface area contributed by atoms with Gasteiger partial charge in [-0.2, -0.15) is 0 Å². The van der Waals surface area contributed by atoms with Crippen molar-refractivity contribution >= 4 is 4.57 Å². The van der Waals surface area contributed by atoms with Crippen molar-refractivity contribution in [3.05, 3.63) is 69.2 Å². The van der Waals surface area contributed by atoms with E-state index in [2.05, 4.69) is 87.6 Å². The van der Waals surface area contributed by atoms with Crippen molar-refractivity contribution in [1.82, 2.24) is 0 Å². The summed E-state index contributed by atoms with van der Waals surface area (Å²) >= 11 is 2.80. The molecule has 142 valence electrons. The fourth-order valence-electron chi connectivity index (χ4n) is 1.18. The van der Waals surface area contributed by atoms with Gasteiger partial charge in [0.1, 0.15) is 0 Å². The first-order chi connectivity index (χ1) is 13.1. The minimum atomic E-state index is 0.613. The van der Waals surface area contributed by atoms with Gasteiger partial charge < -0.3 is 0 Å². The summed E-state index contributed by atoms with van der Waals surface area (Å²) in [6, 6.07) is 0. The van der Waals surface area contributed by atoms with E-state index in [0.717, 1.165) is 23.8 Å². The van der Waals surface area contributed by atoms with Crippen molar-refractivity contribution in [2.24, 2.45) is 0 Å². The molecule has 0 aliphatic heterocycles. The van der Waals surface area contributed by atoms with Gasteiger partial charge in [0.25, 0.3) is 0 Å². The number of ether oxygens (including phenoxy) is 1. The van der Waals surface area contributed by atoms with Gasteiger partial charge in [-0.1, -0.05) is 0 Å². The predicted molar refractivity (Wildman–Crippen MR) is 91.0 cm³/mol. The zero-order valence-corrected chi connectivity index (χ0v) is 16.5. The van der Waals surface area contributed by atoms with E-state index in [1.807, 2.05) is 0 Å². The van der Waals surface area contributed by atoms with Crippen LogP contribution in [0.5, 0.6) is 0 Å². The third-order valence-corrected chi connectivity index (χ3v) is 2.65. The van der Waals surface area contributed by atoms with E-state index in [4.69, 9.17) is 34.4 Å². The molecule has 0 rings (SSSR count). The molecule has 0 aliphatic carbocycles. The van der Waals surface area contributed by atoms with Crippen LogP contribution in [-0.2, 0) is 43.8 Å². The summed E-state index contributed by atoms with van der Waals surface area (Å²) in [5.74, 6) is 2.61. The molecule has 0 unspecified atom stereocenters. The van der Waals surface area contributed by atoms with Crippen molar-refractivity contribution in [2.45, 2.75) is 33.1 Å². The first-order valence-electron chi connectivity index (χ1n) is 6.66. The Balaban J connectivity index is -0.0000000945. The van der Waals surface area contributed by atoms with E-state index in [1.54, 1.807) is 6.08 Å². The van der Waals surface area contributed by atoms with Crippen LogP contribution < -0.4 is 0 Å². The van der Waals surface area contributed by atoms with Crippen LogP contribution in [0.15, 0.2) is 36.0 Å². The van der Waals surface area contributed by atoms with Gasteiger partial charge in [-0.15, -0.1) is 0 Å². The molecule has 0 aromatic carbocycles. The van der Waals surface area contributed by atoms with Crippen molar-refractivity contribution < 1.29 is 43.8 Å². The first kappa shape index (κ1) is 39.8. The number of hydrogen-bond acceptors (Lipinski definition) is 1. The van der Waals surface area contributed by atoms with Crippen molar-refractivity contribution in [3.8, 4) is 12.3 Å². The SMILES string of the molecule is C#CC/C=C(\C)CC/C=C(\C)CO[C](=[Cr])C=C.[C-]#[O+].[C-]#[O+].[C-]#[O+].[C-]#[O+].[C-]#[O+]. The van der Waals surface area contributed by atoms with Crippen LogP contribution in [0, 0.1) is 45.6 Å². The molecule has 27 heavy (non-hydrogen) atoms. The third kappa shape index (κ3) is 51.6. The molecule has 0 saturated carbocycles. The summed E-state index contributed by atoms with van der Waals surface area (Å²) in [7, 11) is 0. The summed E-state index contributed by atoms with van der Waals surface area (Å²) in [5, 5.41) is 0. The summed E-state index contributed by atoms with van der Waals surface area (Å²) in [4.78, 5) is 0. The predicted octanol–water partition coefficient (Wildman–Crippen LogP) is 3.37. The Bertz CT molecular complexity index is 519. The molecule has 6 nitrogen and oxygen atoms in total. The zero-order valence-electron chi connectivity index (χ0n) is 15.2. The molecule has 0 bridgehead atoms. The number of terminal acetylenes is 1. The van der Waals surface area contributed by atoms with Gasteiger partial charge in [0, 0.05) is 0 Å². The van der Waals surface area contributed by atoms with Gasteiger partial charge in [0.15, 0.2) is 0 Å². The maximum absolute atomic E-state index is 7.50. The fraction of sp³-hybridized carbons (Fsp3) is 0.300. The summed E-state index contributed by atoms with van der Waals surface area (Å²) in [5.41, 5.74) is 2.57. The zero-order chi connectivity index (χ0) is 23.1. The van der Waals surface area contributed by atoms with Crippen LogP contribution >= 0.6 is 0 Å². The molecule has 0 fully saturated rings. The Morgan fingerprint density at radius 2 is 1.41 bits per heavy atom. The van der Waals surface area contributed by atoms with Gasteiger partial charge in [0.05, 0.1) is 0 Å². The summed E-state index contributed by atoms with van der Waals surface area (Å²) in [6.45, 7) is 30.9. The van der Waals surface area contributed by atoms with Crippen molar-refractivity contribution in [2.75, 3.05) is 6.61 Å². The molecule has 0 N–H and O–H groups in total. The average Bonchev–Trinajstić information content (AvgIpc) is 2.77. The molecule has 0 aromatic rings. The topological polar surface area (TPSA) is 109 Å². The third-order valence-electron chi connectivity index (χ3n) is 2.21. The summed E-state index contributed by atoms with van der Waals surface area (Å²) in [6.07, 6.45) is 14.0. The van der Waals surface area contributed by atoms with Crippen LogP contribution in [0.4, 0.5) is 0 Å². The number of hydrogen-bond donors (Lipinski definition) is 0. The van der Waals surface area contributed by atoms with Crippen LogP contribution in [-0.4, -0.2) is 11.2 Å². The molecule has 0 aliphatic rings. The van der Waals surface area contributed by atoms with Gasteiger partial charge >= 0.3 is 170 Å². The standard InChI is InChI=1S/C15H20O.5CO.Cr/c1-5-7-9-14(3)10-8-11-15(4)13-16-12-6-2;5*1-2;/h1,6,9,11H,2,7-8,10,13H2,3-4H3;;;;;;/b14-9+,15-11+;;;;;;. The second-order valence-electron chi connectivity index (χ2n) is 3.86. The van der Waals surface area contributed by atoms with Crippen molar-refractivity contribution in [3.63, 3.8) is 0 Å². The van der Waals surface area contributed by atoms with Crippen LogP contribution in [0.1, 0.15) is 33.1 Å². The molecule has 0 saturated heterocycles. The van der Waals surface area contributed by atoms with E-state index < -0.39 is 0 Å². The molecule has 7 heteroatoms. The second-order valence-corrected chi connectivity index (χ2v) is 4.49. The quantitative estimate of drug-likeness (QED) is 0.261. The van der Waals surface area contributed by atoms with E-state index in [9.17, 15) is 0 Å². The van der Waals surface area contributed by atoms with Gasteiger partial charge in [-0.3, -0.25) is 0 Å². The van der Waals surface area contributed by atoms with Crippen LogP contribution in [0.25, 0.3) is 0 Å². The van der Waals surface area contributed by atoms with E-state index in [-0.39, 0.29) is 0 Å². The maximum atomic E-state index is 7.50. The van der Waals surface area contributed by atoms with E-state index in [1.165, 1.54) is 11.1 Å². The molecule has 0 spiro atoms. The molecular weight excluding hydrogens is 388 g/mol. The second kappa shape index (κ2) is 49.6. The first-order valence-corrected chi connectivity index (χ1v) is 7.30. The van der Waals surface area contributed by atoms with E-state index in [0.29, 0.717) is 6.61 Å². The average molecular weight is 408 g/mol. The molecule has 0 amide bonds. The fourth-order valence-corrected chi connectivity index (χ4v) is 1.28. The van der Waals surface area contributed by atoms with Crippen molar-refractivity contribution in [1.29, 1.82) is 0 Å². The van der Waals surface area contributed by atoms with E-state index >= 15 is 0 Å². The number of allylic oxidation sites excluding steroid dienone is 3. The minimum absolute atomic E-state index is 0.613. The Kier molecular flexibility index (Phi) is 73.0. The Morgan fingerprint density at radius 3 is 1.78 bits per heavy atom. The van der Waals surface area contributed by atoms with Crippen LogP contribution in [0.2, 0.25) is 0 Å². The van der Waals surface area contributed by atoms with Gasteiger partial charge in [0.2, 0.25) is 0 Å². The normalized spacial score (nSPS) is 7.96. The molecule has 0 radical (unpaired) electrons. The molecule has 0 atom stereocenters. The Hall–Kier alpha value is -2.16. The Labute approximate surface area is 169 Å². The van der Waals surface area contributed by atoms with Gasteiger partial charge in [-0.25, -0.2) is 0 Å². The number of rotatable bonds is 8. The Morgan fingerprint density at radius 1 is 0.963 bits per heavy atom. The molecule has 0 heterocycles. The molecular formula is C20H20CrO6. The van der Waals surface area contributed by atoms with Gasteiger partial charge in [-0.05, 0) is 0 Å².